The number of ketones is 1. The lowest BCUT2D eigenvalue weighted by atomic mass is 9.69. The highest BCUT2D eigenvalue weighted by molar-refractivity contribution is 6.12. The quantitative estimate of drug-likeness (QED) is 0.521. The van der Waals surface area contributed by atoms with Crippen LogP contribution in [0.4, 0.5) is 5.69 Å². The molecular formula is C27H34N2O5. The molecule has 0 unspecified atom stereocenters. The zero-order valence-electron chi connectivity index (χ0n) is 20.6. The van der Waals surface area contributed by atoms with Gasteiger partial charge in [0, 0.05) is 42.7 Å². The van der Waals surface area contributed by atoms with E-state index in [9.17, 15) is 14.4 Å². The molecular weight excluding hydrogens is 432 g/mol. The van der Waals surface area contributed by atoms with Gasteiger partial charge in [0.2, 0.25) is 0 Å². The summed E-state index contributed by atoms with van der Waals surface area (Å²) < 4.78 is 10.9. The Balaban J connectivity index is 1.80. The standard InChI is InChI=1S/C27H34N2O5/c1-15-14-20-24(25(30)21(15)26(31)33-5)23(17-10-12-18(13-11-17)29(3)4)22(16(2)28-20)27(32)34-19-8-6-7-9-19/h10-13,15,19,21,23,28H,6-9,14H2,1-5H3/t15-,21-,23-/m0/s1. The molecule has 1 heterocycles. The SMILES string of the molecule is COC(=O)[C@@H]1C(=O)C2=C(C[C@@H]1C)NC(C)=C(C(=O)OC1CCCC1)[C@@H]2c1ccc(N(C)C)cc1. The summed E-state index contributed by atoms with van der Waals surface area (Å²) >= 11 is 0. The summed E-state index contributed by atoms with van der Waals surface area (Å²) in [4.78, 5) is 41.8. The lowest BCUT2D eigenvalue weighted by Gasteiger charge is -2.38. The molecule has 0 amide bonds. The highest BCUT2D eigenvalue weighted by Crippen LogP contribution is 2.46. The first-order valence-corrected chi connectivity index (χ1v) is 12.0. The van der Waals surface area contributed by atoms with Crippen LogP contribution in [0.3, 0.4) is 0 Å². The van der Waals surface area contributed by atoms with Gasteiger partial charge in [-0.05, 0) is 62.6 Å². The predicted octanol–water partition coefficient (Wildman–Crippen LogP) is 3.85. The van der Waals surface area contributed by atoms with Gasteiger partial charge in [-0.15, -0.1) is 0 Å². The maximum absolute atomic E-state index is 13.8. The fourth-order valence-corrected chi connectivity index (χ4v) is 5.47. The molecule has 0 saturated heterocycles. The predicted molar refractivity (Wildman–Crippen MR) is 129 cm³/mol. The van der Waals surface area contributed by atoms with Crippen molar-refractivity contribution in [1.82, 2.24) is 5.32 Å². The number of anilines is 1. The Bertz CT molecular complexity index is 1050. The van der Waals surface area contributed by atoms with Crippen LogP contribution in [0.25, 0.3) is 0 Å². The molecule has 1 aromatic carbocycles. The van der Waals surface area contributed by atoms with Crippen molar-refractivity contribution in [3.63, 3.8) is 0 Å². The molecule has 0 aromatic heterocycles. The van der Waals surface area contributed by atoms with Crippen LogP contribution in [0, 0.1) is 11.8 Å². The summed E-state index contributed by atoms with van der Waals surface area (Å²) in [5.74, 6) is -2.91. The van der Waals surface area contributed by atoms with Crippen LogP contribution in [0.1, 0.15) is 57.4 Å². The number of esters is 2. The van der Waals surface area contributed by atoms with E-state index in [4.69, 9.17) is 9.47 Å². The van der Waals surface area contributed by atoms with Gasteiger partial charge in [0.05, 0.1) is 12.7 Å². The minimum atomic E-state index is -0.889. The summed E-state index contributed by atoms with van der Waals surface area (Å²) in [6.45, 7) is 3.74. The van der Waals surface area contributed by atoms with Crippen molar-refractivity contribution in [3.05, 3.63) is 52.4 Å². The zero-order chi connectivity index (χ0) is 24.6. The Morgan fingerprint density at radius 2 is 1.74 bits per heavy atom. The van der Waals surface area contributed by atoms with Crippen molar-refractivity contribution < 1.29 is 23.9 Å². The minimum Gasteiger partial charge on any atom is -0.468 e. The normalized spacial score (nSPS) is 25.1. The van der Waals surface area contributed by atoms with Crippen molar-refractivity contribution in [1.29, 1.82) is 0 Å². The largest absolute Gasteiger partial charge is 0.468 e. The van der Waals surface area contributed by atoms with Crippen LogP contribution >= 0.6 is 0 Å². The van der Waals surface area contributed by atoms with Crippen LogP contribution in [0.5, 0.6) is 0 Å². The van der Waals surface area contributed by atoms with E-state index in [-0.39, 0.29) is 17.8 Å². The van der Waals surface area contributed by atoms with Gasteiger partial charge < -0.3 is 19.7 Å². The number of hydrogen-bond acceptors (Lipinski definition) is 7. The van der Waals surface area contributed by atoms with Crippen LogP contribution in [-0.4, -0.2) is 45.0 Å². The molecule has 3 atom stereocenters. The molecule has 0 radical (unpaired) electrons. The van der Waals surface area contributed by atoms with E-state index >= 15 is 0 Å². The second-order valence-corrected chi connectivity index (χ2v) is 9.83. The number of carbonyl (C=O) groups excluding carboxylic acids is 3. The molecule has 1 fully saturated rings. The molecule has 1 saturated carbocycles. The Labute approximate surface area is 201 Å². The first kappa shape index (κ1) is 24.0. The molecule has 3 aliphatic rings. The van der Waals surface area contributed by atoms with Crippen LogP contribution < -0.4 is 10.2 Å². The molecule has 7 heteroatoms. The maximum Gasteiger partial charge on any atom is 0.337 e. The van der Waals surface area contributed by atoms with E-state index in [1.54, 1.807) is 0 Å². The van der Waals surface area contributed by atoms with E-state index in [1.807, 2.05) is 57.1 Å². The van der Waals surface area contributed by atoms with Crippen molar-refractivity contribution >= 4 is 23.4 Å². The Morgan fingerprint density at radius 1 is 1.09 bits per heavy atom. The smallest absolute Gasteiger partial charge is 0.337 e. The average Bonchev–Trinajstić information content (AvgIpc) is 3.30. The van der Waals surface area contributed by atoms with Gasteiger partial charge >= 0.3 is 11.9 Å². The Morgan fingerprint density at radius 3 is 2.32 bits per heavy atom. The number of Topliss-reactive ketones (excluding diaryl/α,β-unsaturated/α-hetero) is 1. The van der Waals surface area contributed by atoms with Crippen LogP contribution in [0.2, 0.25) is 0 Å². The Hall–Kier alpha value is -3.09. The van der Waals surface area contributed by atoms with Gasteiger partial charge in [-0.3, -0.25) is 9.59 Å². The second-order valence-electron chi connectivity index (χ2n) is 9.83. The minimum absolute atomic E-state index is 0.0927. The summed E-state index contributed by atoms with van der Waals surface area (Å²) in [5.41, 5.74) is 4.21. The fraction of sp³-hybridized carbons (Fsp3) is 0.519. The van der Waals surface area contributed by atoms with E-state index in [2.05, 4.69) is 5.32 Å². The fourth-order valence-electron chi connectivity index (χ4n) is 5.47. The maximum atomic E-state index is 13.8. The summed E-state index contributed by atoms with van der Waals surface area (Å²) in [6, 6.07) is 7.84. The number of nitrogens with zero attached hydrogens (tertiary/aromatic N) is 1. The molecule has 1 N–H and O–H groups in total. The summed E-state index contributed by atoms with van der Waals surface area (Å²) in [6.07, 6.45) is 4.26. The highest BCUT2D eigenvalue weighted by Gasteiger charge is 2.47. The van der Waals surface area contributed by atoms with Crippen molar-refractivity contribution in [3.8, 4) is 0 Å². The topological polar surface area (TPSA) is 84.9 Å². The number of rotatable bonds is 5. The average molecular weight is 467 g/mol. The molecule has 2 aliphatic carbocycles. The zero-order valence-corrected chi connectivity index (χ0v) is 20.6. The number of methoxy groups -OCH3 is 1. The number of hydrogen-bond donors (Lipinski definition) is 1. The molecule has 4 rings (SSSR count). The van der Waals surface area contributed by atoms with Crippen LogP contribution in [-0.2, 0) is 23.9 Å². The van der Waals surface area contributed by atoms with Gasteiger partial charge in [-0.25, -0.2) is 4.79 Å². The second kappa shape index (κ2) is 9.65. The third kappa shape index (κ3) is 4.36. The van der Waals surface area contributed by atoms with Crippen LogP contribution in [0.15, 0.2) is 46.8 Å². The van der Waals surface area contributed by atoms with Gasteiger partial charge in [0.15, 0.2) is 5.78 Å². The highest BCUT2D eigenvalue weighted by atomic mass is 16.5. The molecule has 0 bridgehead atoms. The monoisotopic (exact) mass is 466 g/mol. The third-order valence-corrected chi connectivity index (χ3v) is 7.28. The molecule has 0 spiro atoms. The number of ether oxygens (including phenoxy) is 2. The van der Waals surface area contributed by atoms with E-state index < -0.39 is 23.8 Å². The molecule has 34 heavy (non-hydrogen) atoms. The number of nitrogens with one attached hydrogen (secondary N) is 1. The molecule has 1 aromatic rings. The van der Waals surface area contributed by atoms with E-state index in [1.165, 1.54) is 7.11 Å². The molecule has 1 aliphatic heterocycles. The van der Waals surface area contributed by atoms with Gasteiger partial charge in [-0.2, -0.15) is 0 Å². The first-order valence-electron chi connectivity index (χ1n) is 12.0. The molecule has 7 nitrogen and oxygen atoms in total. The lowest BCUT2D eigenvalue weighted by Crippen LogP contribution is -2.43. The molecule has 182 valence electrons. The van der Waals surface area contributed by atoms with Gasteiger partial charge in [-0.1, -0.05) is 19.1 Å². The number of benzene rings is 1. The first-order chi connectivity index (χ1) is 16.2. The third-order valence-electron chi connectivity index (χ3n) is 7.28. The van der Waals surface area contributed by atoms with E-state index in [0.29, 0.717) is 23.3 Å². The summed E-state index contributed by atoms with van der Waals surface area (Å²) in [5, 5.41) is 3.32. The number of allylic oxidation sites excluding steroid dienone is 3. The van der Waals surface area contributed by atoms with Crippen molar-refractivity contribution in [2.45, 2.75) is 58.0 Å². The number of carbonyl (C=O) groups is 3. The van der Waals surface area contributed by atoms with Crippen molar-refractivity contribution in [2.24, 2.45) is 11.8 Å². The van der Waals surface area contributed by atoms with E-state index in [0.717, 1.165) is 42.6 Å². The van der Waals surface area contributed by atoms with Gasteiger partial charge in [0.25, 0.3) is 0 Å². The lowest BCUT2D eigenvalue weighted by molar-refractivity contribution is -0.151. The summed E-state index contributed by atoms with van der Waals surface area (Å²) in [7, 11) is 5.22. The van der Waals surface area contributed by atoms with Crippen molar-refractivity contribution in [2.75, 3.05) is 26.1 Å². The van der Waals surface area contributed by atoms with Gasteiger partial charge in [0.1, 0.15) is 12.0 Å². The number of dihydropyridines is 1. The Kier molecular flexibility index (Phi) is 6.82.